The van der Waals surface area contributed by atoms with E-state index in [-0.39, 0.29) is 23.7 Å². The fraction of sp³-hybridized carbons (Fsp3) is 0.227. The maximum atomic E-state index is 12.6. The van der Waals surface area contributed by atoms with Crippen molar-refractivity contribution < 1.29 is 23.5 Å². The maximum absolute atomic E-state index is 12.6. The van der Waals surface area contributed by atoms with Crippen molar-refractivity contribution in [3.05, 3.63) is 77.5 Å². The SMILES string of the molecule is C=CCc1ccccc1OCc1ccc(C(=O)Nc2c(C)nn(C)c2C(=O)OC)o1. The Hall–Kier alpha value is -3.81. The minimum atomic E-state index is -0.597. The van der Waals surface area contributed by atoms with Crippen LogP contribution in [0.5, 0.6) is 5.75 Å². The van der Waals surface area contributed by atoms with Gasteiger partial charge in [-0.3, -0.25) is 9.48 Å². The van der Waals surface area contributed by atoms with Crippen LogP contribution in [0.4, 0.5) is 5.69 Å². The first kappa shape index (κ1) is 20.9. The van der Waals surface area contributed by atoms with Crippen LogP contribution in [-0.2, 0) is 24.8 Å². The fourth-order valence-electron chi connectivity index (χ4n) is 3.01. The number of amides is 1. The molecule has 0 unspecified atom stereocenters. The van der Waals surface area contributed by atoms with Gasteiger partial charge in [0.1, 0.15) is 18.1 Å². The van der Waals surface area contributed by atoms with Crippen LogP contribution in [0, 0.1) is 6.92 Å². The molecule has 1 amide bonds. The lowest BCUT2D eigenvalue weighted by molar-refractivity contribution is 0.0589. The molecule has 0 aliphatic heterocycles. The predicted octanol–water partition coefficient (Wildman–Crippen LogP) is 3.67. The van der Waals surface area contributed by atoms with Crippen LogP contribution < -0.4 is 10.1 Å². The summed E-state index contributed by atoms with van der Waals surface area (Å²) in [5.41, 5.74) is 1.93. The van der Waals surface area contributed by atoms with E-state index in [1.165, 1.54) is 11.8 Å². The van der Waals surface area contributed by atoms with Gasteiger partial charge in [-0.25, -0.2) is 4.79 Å². The second-order valence-corrected chi connectivity index (χ2v) is 6.53. The summed E-state index contributed by atoms with van der Waals surface area (Å²) < 4.78 is 17.6. The Kier molecular flexibility index (Phi) is 6.36. The van der Waals surface area contributed by atoms with Gasteiger partial charge in [-0.15, -0.1) is 6.58 Å². The van der Waals surface area contributed by atoms with Gasteiger partial charge in [-0.1, -0.05) is 24.3 Å². The number of hydrogen-bond acceptors (Lipinski definition) is 6. The molecule has 0 fully saturated rings. The minimum Gasteiger partial charge on any atom is -0.485 e. The summed E-state index contributed by atoms with van der Waals surface area (Å²) in [6.45, 7) is 5.60. The van der Waals surface area contributed by atoms with Gasteiger partial charge in [-0.2, -0.15) is 5.10 Å². The zero-order valence-corrected chi connectivity index (χ0v) is 17.1. The van der Waals surface area contributed by atoms with E-state index in [1.54, 1.807) is 32.2 Å². The number of para-hydroxylation sites is 1. The number of nitrogens with zero attached hydrogens (tertiary/aromatic N) is 2. The highest BCUT2D eigenvalue weighted by Gasteiger charge is 2.24. The van der Waals surface area contributed by atoms with E-state index < -0.39 is 11.9 Å². The van der Waals surface area contributed by atoms with Crippen LogP contribution in [0.3, 0.4) is 0 Å². The Morgan fingerprint density at radius 3 is 2.77 bits per heavy atom. The zero-order valence-electron chi connectivity index (χ0n) is 17.1. The summed E-state index contributed by atoms with van der Waals surface area (Å²) in [5.74, 6) is 0.208. The number of aryl methyl sites for hydroxylation is 2. The number of furan rings is 1. The topological polar surface area (TPSA) is 95.6 Å². The van der Waals surface area contributed by atoms with E-state index in [4.69, 9.17) is 13.9 Å². The summed E-state index contributed by atoms with van der Waals surface area (Å²) in [5, 5.41) is 6.84. The average Bonchev–Trinajstić information content (AvgIpc) is 3.31. The first-order valence-corrected chi connectivity index (χ1v) is 9.28. The molecular formula is C22H23N3O5. The van der Waals surface area contributed by atoms with E-state index in [1.807, 2.05) is 24.3 Å². The van der Waals surface area contributed by atoms with Gasteiger partial charge in [0.15, 0.2) is 11.5 Å². The molecule has 0 radical (unpaired) electrons. The van der Waals surface area contributed by atoms with Crippen molar-refractivity contribution in [3.63, 3.8) is 0 Å². The van der Waals surface area contributed by atoms with Crippen molar-refractivity contribution in [2.24, 2.45) is 7.05 Å². The number of rotatable bonds is 8. The molecule has 30 heavy (non-hydrogen) atoms. The molecule has 0 aliphatic rings. The molecule has 2 aromatic heterocycles. The Morgan fingerprint density at radius 2 is 2.03 bits per heavy atom. The number of nitrogens with one attached hydrogen (secondary N) is 1. The Labute approximate surface area is 174 Å². The molecule has 3 rings (SSSR count). The number of aromatic nitrogens is 2. The summed E-state index contributed by atoms with van der Waals surface area (Å²) in [7, 11) is 2.86. The predicted molar refractivity (Wildman–Crippen MR) is 111 cm³/mol. The Morgan fingerprint density at radius 1 is 1.27 bits per heavy atom. The number of carbonyl (C=O) groups is 2. The second-order valence-electron chi connectivity index (χ2n) is 6.53. The summed E-state index contributed by atoms with van der Waals surface area (Å²) in [4.78, 5) is 24.6. The number of benzene rings is 1. The Balaban J connectivity index is 1.71. The fourth-order valence-corrected chi connectivity index (χ4v) is 3.01. The molecule has 0 saturated heterocycles. The number of ether oxygens (including phenoxy) is 2. The van der Waals surface area contributed by atoms with Crippen molar-refractivity contribution in [2.45, 2.75) is 20.0 Å². The van der Waals surface area contributed by atoms with Crippen LogP contribution in [0.15, 0.2) is 53.5 Å². The molecule has 0 saturated carbocycles. The molecule has 0 atom stereocenters. The van der Waals surface area contributed by atoms with Gasteiger partial charge in [0.25, 0.3) is 5.91 Å². The molecule has 0 bridgehead atoms. The van der Waals surface area contributed by atoms with Crippen LogP contribution >= 0.6 is 0 Å². The van der Waals surface area contributed by atoms with E-state index in [2.05, 4.69) is 17.0 Å². The van der Waals surface area contributed by atoms with Gasteiger partial charge in [-0.05, 0) is 37.1 Å². The van der Waals surface area contributed by atoms with E-state index in [0.29, 0.717) is 17.9 Å². The third-order valence-corrected chi connectivity index (χ3v) is 4.43. The van der Waals surface area contributed by atoms with Crippen molar-refractivity contribution >= 4 is 17.6 Å². The third kappa shape index (κ3) is 4.43. The zero-order chi connectivity index (χ0) is 21.7. The highest BCUT2D eigenvalue weighted by atomic mass is 16.5. The molecule has 1 N–H and O–H groups in total. The first-order chi connectivity index (χ1) is 14.4. The van der Waals surface area contributed by atoms with Crippen molar-refractivity contribution in [2.75, 3.05) is 12.4 Å². The number of methoxy groups -OCH3 is 1. The third-order valence-electron chi connectivity index (χ3n) is 4.43. The van der Waals surface area contributed by atoms with E-state index >= 15 is 0 Å². The second kappa shape index (κ2) is 9.13. The minimum absolute atomic E-state index is 0.0899. The highest BCUT2D eigenvalue weighted by Crippen LogP contribution is 2.23. The molecule has 0 aliphatic carbocycles. The van der Waals surface area contributed by atoms with Gasteiger partial charge in [0.05, 0.1) is 18.5 Å². The van der Waals surface area contributed by atoms with Crippen LogP contribution in [0.25, 0.3) is 0 Å². The van der Waals surface area contributed by atoms with Gasteiger partial charge >= 0.3 is 5.97 Å². The monoisotopic (exact) mass is 409 g/mol. The first-order valence-electron chi connectivity index (χ1n) is 9.28. The van der Waals surface area contributed by atoms with Crippen molar-refractivity contribution in [1.29, 1.82) is 0 Å². The van der Waals surface area contributed by atoms with Crippen LogP contribution in [0.2, 0.25) is 0 Å². The van der Waals surface area contributed by atoms with Crippen molar-refractivity contribution in [3.8, 4) is 5.75 Å². The number of carbonyl (C=O) groups excluding carboxylic acids is 2. The lowest BCUT2D eigenvalue weighted by atomic mass is 10.1. The largest absolute Gasteiger partial charge is 0.485 e. The summed E-state index contributed by atoms with van der Waals surface area (Å²) >= 11 is 0. The van der Waals surface area contributed by atoms with Crippen LogP contribution in [0.1, 0.15) is 38.1 Å². The number of hydrogen-bond donors (Lipinski definition) is 1. The van der Waals surface area contributed by atoms with E-state index in [9.17, 15) is 9.59 Å². The Bertz CT molecular complexity index is 1080. The quantitative estimate of drug-likeness (QED) is 0.451. The molecule has 156 valence electrons. The molecule has 8 heteroatoms. The molecule has 8 nitrogen and oxygen atoms in total. The highest BCUT2D eigenvalue weighted by molar-refractivity contribution is 6.06. The van der Waals surface area contributed by atoms with E-state index in [0.717, 1.165) is 11.3 Å². The van der Waals surface area contributed by atoms with Crippen molar-refractivity contribution in [1.82, 2.24) is 9.78 Å². The lowest BCUT2D eigenvalue weighted by Gasteiger charge is -2.09. The van der Waals surface area contributed by atoms with Gasteiger partial charge < -0.3 is 19.2 Å². The summed E-state index contributed by atoms with van der Waals surface area (Å²) in [6, 6.07) is 10.9. The summed E-state index contributed by atoms with van der Waals surface area (Å²) in [6.07, 6.45) is 2.50. The molecule has 1 aromatic carbocycles. The smallest absolute Gasteiger partial charge is 0.358 e. The molecule has 0 spiro atoms. The standard InChI is InChI=1S/C22H23N3O5/c1-5-8-15-9-6-7-10-17(15)29-13-16-11-12-18(30-16)21(26)23-19-14(2)24-25(3)20(19)22(27)28-4/h5-7,9-12H,1,8,13H2,2-4H3,(H,23,26). The molecule has 2 heterocycles. The average molecular weight is 409 g/mol. The maximum Gasteiger partial charge on any atom is 0.358 e. The normalized spacial score (nSPS) is 10.5. The number of allylic oxidation sites excluding steroid dienone is 1. The van der Waals surface area contributed by atoms with Crippen LogP contribution in [-0.4, -0.2) is 28.8 Å². The molecule has 3 aromatic rings. The number of anilines is 1. The van der Waals surface area contributed by atoms with Gasteiger partial charge in [0.2, 0.25) is 0 Å². The number of esters is 1. The van der Waals surface area contributed by atoms with Gasteiger partial charge in [0, 0.05) is 7.05 Å². The molecular weight excluding hydrogens is 386 g/mol. The lowest BCUT2D eigenvalue weighted by Crippen LogP contribution is -2.16.